The minimum absolute atomic E-state index is 0.866. The van der Waals surface area contributed by atoms with E-state index in [-0.39, 0.29) is 0 Å². The van der Waals surface area contributed by atoms with Crippen molar-refractivity contribution < 1.29 is 0 Å². The van der Waals surface area contributed by atoms with Gasteiger partial charge >= 0.3 is 0 Å². The first-order chi connectivity index (χ1) is 9.33. The Kier molecular flexibility index (Phi) is 6.62. The Morgan fingerprint density at radius 3 is 2.37 bits per heavy atom. The largest absolute Gasteiger partial charge is 0.330 e. The lowest BCUT2D eigenvalue weighted by Gasteiger charge is -2.35. The highest BCUT2D eigenvalue weighted by Crippen LogP contribution is 2.27. The van der Waals surface area contributed by atoms with Gasteiger partial charge in [0.05, 0.1) is 0 Å². The molecule has 2 aliphatic rings. The van der Waals surface area contributed by atoms with Crippen LogP contribution in [0.5, 0.6) is 0 Å². The SMILES string of the molecule is CCCC(CCN)CCCN1CCN(C2CC2)CC1. The highest BCUT2D eigenvalue weighted by Gasteiger charge is 2.30. The zero-order chi connectivity index (χ0) is 13.5. The van der Waals surface area contributed by atoms with Gasteiger partial charge in [0.15, 0.2) is 0 Å². The second-order valence-electron chi connectivity index (χ2n) is 6.48. The molecule has 3 heteroatoms. The van der Waals surface area contributed by atoms with Crippen LogP contribution in [0.1, 0.15) is 51.9 Å². The van der Waals surface area contributed by atoms with Gasteiger partial charge < -0.3 is 10.6 Å². The van der Waals surface area contributed by atoms with Gasteiger partial charge in [-0.2, -0.15) is 0 Å². The van der Waals surface area contributed by atoms with Crippen molar-refractivity contribution in [3.8, 4) is 0 Å². The van der Waals surface area contributed by atoms with Crippen LogP contribution in [0.25, 0.3) is 0 Å². The van der Waals surface area contributed by atoms with E-state index in [1.54, 1.807) is 0 Å². The van der Waals surface area contributed by atoms with E-state index in [9.17, 15) is 0 Å². The van der Waals surface area contributed by atoms with Crippen molar-refractivity contribution in [2.75, 3.05) is 39.3 Å². The average Bonchev–Trinajstić information content (AvgIpc) is 3.24. The van der Waals surface area contributed by atoms with Crippen LogP contribution >= 0.6 is 0 Å². The Bertz CT molecular complexity index is 226. The lowest BCUT2D eigenvalue weighted by molar-refractivity contribution is 0.123. The molecule has 0 aromatic rings. The van der Waals surface area contributed by atoms with Crippen molar-refractivity contribution in [1.82, 2.24) is 9.80 Å². The van der Waals surface area contributed by atoms with Gasteiger partial charge in [-0.15, -0.1) is 0 Å². The highest BCUT2D eigenvalue weighted by atomic mass is 15.3. The summed E-state index contributed by atoms with van der Waals surface area (Å²) >= 11 is 0. The Hall–Kier alpha value is -0.120. The van der Waals surface area contributed by atoms with Gasteiger partial charge in [0.2, 0.25) is 0 Å². The molecule has 0 amide bonds. The molecule has 1 saturated heterocycles. The minimum atomic E-state index is 0.866. The van der Waals surface area contributed by atoms with Crippen LogP contribution < -0.4 is 5.73 Å². The molecule has 1 unspecified atom stereocenters. The van der Waals surface area contributed by atoms with E-state index in [2.05, 4.69) is 16.7 Å². The van der Waals surface area contributed by atoms with E-state index in [0.29, 0.717) is 0 Å². The molecule has 1 atom stereocenters. The van der Waals surface area contributed by atoms with Crippen molar-refractivity contribution in [3.05, 3.63) is 0 Å². The number of hydrogen-bond donors (Lipinski definition) is 1. The van der Waals surface area contributed by atoms with Crippen molar-refractivity contribution in [2.24, 2.45) is 11.7 Å². The quantitative estimate of drug-likeness (QED) is 0.696. The minimum Gasteiger partial charge on any atom is -0.330 e. The number of rotatable bonds is 9. The summed E-state index contributed by atoms with van der Waals surface area (Å²) in [5.41, 5.74) is 5.71. The molecule has 1 aliphatic heterocycles. The third-order valence-electron chi connectivity index (χ3n) is 4.83. The molecular weight excluding hydrogens is 234 g/mol. The summed E-state index contributed by atoms with van der Waals surface area (Å²) in [6.07, 6.45) is 9.57. The van der Waals surface area contributed by atoms with Crippen LogP contribution in [0.15, 0.2) is 0 Å². The van der Waals surface area contributed by atoms with E-state index in [1.165, 1.54) is 77.7 Å². The first-order valence-corrected chi connectivity index (χ1v) is 8.50. The van der Waals surface area contributed by atoms with E-state index in [4.69, 9.17) is 5.73 Å². The van der Waals surface area contributed by atoms with Crippen LogP contribution in [0.4, 0.5) is 0 Å². The second kappa shape index (κ2) is 8.23. The van der Waals surface area contributed by atoms with Gasteiger partial charge in [0, 0.05) is 32.2 Å². The number of nitrogens with zero attached hydrogens (tertiary/aromatic N) is 2. The summed E-state index contributed by atoms with van der Waals surface area (Å²) in [5, 5.41) is 0. The molecule has 2 fully saturated rings. The van der Waals surface area contributed by atoms with Crippen LogP contribution in [-0.2, 0) is 0 Å². The maximum atomic E-state index is 5.71. The lowest BCUT2D eigenvalue weighted by atomic mass is 9.94. The molecule has 1 aliphatic carbocycles. The van der Waals surface area contributed by atoms with E-state index in [1.807, 2.05) is 0 Å². The molecule has 1 saturated carbocycles. The summed E-state index contributed by atoms with van der Waals surface area (Å²) in [5.74, 6) is 0.878. The Morgan fingerprint density at radius 2 is 1.79 bits per heavy atom. The van der Waals surface area contributed by atoms with Crippen molar-refractivity contribution in [1.29, 1.82) is 0 Å². The fourth-order valence-corrected chi connectivity index (χ4v) is 3.47. The van der Waals surface area contributed by atoms with Crippen molar-refractivity contribution in [3.63, 3.8) is 0 Å². The van der Waals surface area contributed by atoms with Crippen molar-refractivity contribution in [2.45, 2.75) is 57.9 Å². The topological polar surface area (TPSA) is 32.5 Å². The normalized spacial score (nSPS) is 23.7. The average molecular weight is 267 g/mol. The molecule has 0 bridgehead atoms. The monoisotopic (exact) mass is 267 g/mol. The first-order valence-electron chi connectivity index (χ1n) is 8.50. The smallest absolute Gasteiger partial charge is 0.0113 e. The van der Waals surface area contributed by atoms with Crippen LogP contribution in [0.2, 0.25) is 0 Å². The van der Waals surface area contributed by atoms with Gasteiger partial charge in [0.1, 0.15) is 0 Å². The number of nitrogens with two attached hydrogens (primary N) is 1. The van der Waals surface area contributed by atoms with Gasteiger partial charge in [-0.3, -0.25) is 4.90 Å². The zero-order valence-electron chi connectivity index (χ0n) is 12.8. The van der Waals surface area contributed by atoms with Gasteiger partial charge in [0.25, 0.3) is 0 Å². The van der Waals surface area contributed by atoms with Crippen LogP contribution in [-0.4, -0.2) is 55.1 Å². The predicted octanol–water partition coefficient (Wildman–Crippen LogP) is 2.31. The molecule has 3 nitrogen and oxygen atoms in total. The Balaban J connectivity index is 1.55. The van der Waals surface area contributed by atoms with E-state index < -0.39 is 0 Å². The number of piperazine rings is 1. The molecule has 0 spiro atoms. The standard InChI is InChI=1S/C16H33N3/c1-2-4-15(8-9-17)5-3-10-18-11-13-19(14-12-18)16-6-7-16/h15-16H,2-14,17H2,1H3. The fraction of sp³-hybridized carbons (Fsp3) is 1.00. The van der Waals surface area contributed by atoms with Gasteiger partial charge in [-0.25, -0.2) is 0 Å². The molecular formula is C16H33N3. The lowest BCUT2D eigenvalue weighted by Crippen LogP contribution is -2.47. The van der Waals surface area contributed by atoms with E-state index >= 15 is 0 Å². The van der Waals surface area contributed by atoms with Crippen LogP contribution in [0, 0.1) is 5.92 Å². The molecule has 0 aromatic carbocycles. The third kappa shape index (κ3) is 5.41. The fourth-order valence-electron chi connectivity index (χ4n) is 3.47. The second-order valence-corrected chi connectivity index (χ2v) is 6.48. The summed E-state index contributed by atoms with van der Waals surface area (Å²) in [7, 11) is 0. The molecule has 112 valence electrons. The highest BCUT2D eigenvalue weighted by molar-refractivity contribution is 4.87. The number of hydrogen-bond acceptors (Lipinski definition) is 3. The predicted molar refractivity (Wildman–Crippen MR) is 82.3 cm³/mol. The van der Waals surface area contributed by atoms with Crippen molar-refractivity contribution >= 4 is 0 Å². The molecule has 19 heavy (non-hydrogen) atoms. The summed E-state index contributed by atoms with van der Waals surface area (Å²) < 4.78 is 0. The summed E-state index contributed by atoms with van der Waals surface area (Å²) in [6, 6.07) is 0.959. The Labute approximate surface area is 119 Å². The van der Waals surface area contributed by atoms with E-state index in [0.717, 1.165) is 18.5 Å². The maximum absolute atomic E-state index is 5.71. The first kappa shape index (κ1) is 15.3. The Morgan fingerprint density at radius 1 is 1.05 bits per heavy atom. The van der Waals surface area contributed by atoms with Gasteiger partial charge in [-0.1, -0.05) is 19.8 Å². The van der Waals surface area contributed by atoms with Crippen LogP contribution in [0.3, 0.4) is 0 Å². The third-order valence-corrected chi connectivity index (χ3v) is 4.83. The molecule has 0 radical (unpaired) electrons. The summed E-state index contributed by atoms with van der Waals surface area (Å²) in [4.78, 5) is 5.37. The maximum Gasteiger partial charge on any atom is 0.0113 e. The molecule has 0 aromatic heterocycles. The molecule has 2 N–H and O–H groups in total. The molecule has 2 rings (SSSR count). The van der Waals surface area contributed by atoms with Gasteiger partial charge in [-0.05, 0) is 51.1 Å². The molecule has 1 heterocycles. The summed E-state index contributed by atoms with van der Waals surface area (Å²) in [6.45, 7) is 9.68. The zero-order valence-corrected chi connectivity index (χ0v) is 12.8.